The van der Waals surface area contributed by atoms with Crippen molar-refractivity contribution in [2.45, 2.75) is 19.0 Å². The molecule has 156 valence electrons. The van der Waals surface area contributed by atoms with E-state index in [-0.39, 0.29) is 30.8 Å². The van der Waals surface area contributed by atoms with Crippen LogP contribution in [0.2, 0.25) is 0 Å². The molecule has 0 spiro atoms. The maximum atomic E-state index is 11.5. The largest absolute Gasteiger partial charge is 0.507 e. The summed E-state index contributed by atoms with van der Waals surface area (Å²) in [6.07, 6.45) is -0.0919. The molecule has 2 aromatic rings. The molecule has 0 radical (unpaired) electrons. The van der Waals surface area contributed by atoms with Crippen molar-refractivity contribution in [1.82, 2.24) is 10.2 Å². The second-order valence-electron chi connectivity index (χ2n) is 6.25. The summed E-state index contributed by atoms with van der Waals surface area (Å²) < 4.78 is 5.13. The number of carboxylic acids is 3. The normalized spacial score (nSPS) is 12.2. The van der Waals surface area contributed by atoms with E-state index in [2.05, 4.69) is 5.32 Å². The first-order chi connectivity index (χ1) is 13.7. The number of carbonyl (C=O) groups is 3. The summed E-state index contributed by atoms with van der Waals surface area (Å²) in [6.45, 7) is -1.36. The second kappa shape index (κ2) is 9.66. The Labute approximate surface area is 163 Å². The molecular formula is C18H20N2O9. The molecule has 0 fully saturated rings. The molecule has 5 N–H and O–H groups in total. The van der Waals surface area contributed by atoms with Gasteiger partial charge in [0.15, 0.2) is 0 Å². The number of phenols is 1. The van der Waals surface area contributed by atoms with Crippen LogP contribution >= 0.6 is 0 Å². The number of aromatic hydroxyl groups is 1. The predicted octanol–water partition coefficient (Wildman–Crippen LogP) is -0.0973. The van der Waals surface area contributed by atoms with Crippen molar-refractivity contribution in [3.8, 4) is 5.75 Å². The second-order valence-corrected chi connectivity index (χ2v) is 6.25. The molecule has 11 heteroatoms. The Kier molecular flexibility index (Phi) is 7.28. The van der Waals surface area contributed by atoms with Gasteiger partial charge in [-0.2, -0.15) is 0 Å². The molecule has 2 rings (SSSR count). The number of aliphatic carboxylic acids is 3. The van der Waals surface area contributed by atoms with Gasteiger partial charge >= 0.3 is 23.5 Å². The molecule has 1 aromatic heterocycles. The van der Waals surface area contributed by atoms with Crippen LogP contribution < -0.4 is 10.9 Å². The first-order valence-electron chi connectivity index (χ1n) is 8.55. The van der Waals surface area contributed by atoms with Crippen molar-refractivity contribution in [3.05, 3.63) is 40.2 Å². The van der Waals surface area contributed by atoms with Crippen LogP contribution in [0.3, 0.4) is 0 Å². The average Bonchev–Trinajstić information content (AvgIpc) is 2.61. The van der Waals surface area contributed by atoms with E-state index in [9.17, 15) is 29.4 Å². The zero-order valence-electron chi connectivity index (χ0n) is 15.2. The summed E-state index contributed by atoms with van der Waals surface area (Å²) in [5, 5.41) is 40.7. The quantitative estimate of drug-likeness (QED) is 0.248. The smallest absolute Gasteiger partial charge is 0.336 e. The number of benzene rings is 1. The third-order valence-corrected chi connectivity index (χ3v) is 4.17. The van der Waals surface area contributed by atoms with Gasteiger partial charge in [0.05, 0.1) is 18.7 Å². The molecule has 0 amide bonds. The number of phenolic OH excluding ortho intramolecular Hbond substituents is 1. The maximum Gasteiger partial charge on any atom is 0.336 e. The summed E-state index contributed by atoms with van der Waals surface area (Å²) in [4.78, 5) is 45.6. The van der Waals surface area contributed by atoms with Gasteiger partial charge in [-0.25, -0.2) is 4.79 Å². The number of hydrogen-bond donors (Lipinski definition) is 5. The molecule has 1 unspecified atom stereocenters. The molecule has 0 bridgehead atoms. The van der Waals surface area contributed by atoms with E-state index in [1.54, 1.807) is 12.1 Å². The van der Waals surface area contributed by atoms with E-state index in [4.69, 9.17) is 14.6 Å². The highest BCUT2D eigenvalue weighted by atomic mass is 16.4. The molecule has 0 aliphatic heterocycles. The topological polar surface area (TPSA) is 178 Å². The van der Waals surface area contributed by atoms with Crippen LogP contribution in [0.4, 0.5) is 0 Å². The van der Waals surface area contributed by atoms with E-state index in [1.807, 2.05) is 0 Å². The van der Waals surface area contributed by atoms with Crippen molar-refractivity contribution < 1.29 is 39.2 Å². The minimum absolute atomic E-state index is 0.0420. The molecule has 29 heavy (non-hydrogen) atoms. The number of nitrogens with zero attached hydrogens (tertiary/aromatic N) is 1. The minimum atomic E-state index is -1.35. The molecule has 1 heterocycles. The first kappa shape index (κ1) is 21.9. The van der Waals surface area contributed by atoms with Crippen molar-refractivity contribution >= 4 is 28.9 Å². The molecule has 0 aliphatic rings. The number of nitrogens with one attached hydrogen (secondary N) is 1. The molecule has 0 saturated heterocycles. The number of hydrogen-bond acceptors (Lipinski definition) is 8. The molecule has 11 nitrogen and oxygen atoms in total. The summed E-state index contributed by atoms with van der Waals surface area (Å²) >= 11 is 0. The fourth-order valence-electron chi connectivity index (χ4n) is 2.89. The zero-order chi connectivity index (χ0) is 21.6. The van der Waals surface area contributed by atoms with Gasteiger partial charge in [0.1, 0.15) is 17.4 Å². The van der Waals surface area contributed by atoms with Crippen LogP contribution in [0.5, 0.6) is 5.75 Å². The average molecular weight is 408 g/mol. The Bertz CT molecular complexity index is 953. The van der Waals surface area contributed by atoms with Gasteiger partial charge in [0.2, 0.25) is 0 Å². The van der Waals surface area contributed by atoms with E-state index < -0.39 is 42.7 Å². The predicted molar refractivity (Wildman–Crippen MR) is 98.7 cm³/mol. The number of rotatable bonds is 11. The summed E-state index contributed by atoms with van der Waals surface area (Å²) in [5.74, 6) is -4.16. The number of fused-ring (bicyclic) bond motifs is 1. The lowest BCUT2D eigenvalue weighted by Crippen LogP contribution is -2.47. The summed E-state index contributed by atoms with van der Waals surface area (Å²) in [5.41, 5.74) is -0.0913. The van der Waals surface area contributed by atoms with Gasteiger partial charge in [0, 0.05) is 18.0 Å². The van der Waals surface area contributed by atoms with Crippen LogP contribution in [-0.4, -0.2) is 68.9 Å². The van der Waals surface area contributed by atoms with Crippen LogP contribution in [0.15, 0.2) is 33.5 Å². The lowest BCUT2D eigenvalue weighted by atomic mass is 10.1. The van der Waals surface area contributed by atoms with Crippen LogP contribution in [-0.2, 0) is 20.9 Å². The molecular weight excluding hydrogens is 388 g/mol. The van der Waals surface area contributed by atoms with E-state index >= 15 is 0 Å². The fourth-order valence-corrected chi connectivity index (χ4v) is 2.89. The third-order valence-electron chi connectivity index (χ3n) is 4.17. The monoisotopic (exact) mass is 408 g/mol. The van der Waals surface area contributed by atoms with Gasteiger partial charge in [0.25, 0.3) is 0 Å². The zero-order valence-corrected chi connectivity index (χ0v) is 15.2. The Hall–Kier alpha value is -3.44. The fraction of sp³-hybridized carbons (Fsp3) is 0.333. The van der Waals surface area contributed by atoms with Gasteiger partial charge in [-0.3, -0.25) is 19.3 Å². The van der Waals surface area contributed by atoms with Crippen molar-refractivity contribution in [1.29, 1.82) is 0 Å². The van der Waals surface area contributed by atoms with Gasteiger partial charge in [-0.15, -0.1) is 0 Å². The molecule has 1 atom stereocenters. The lowest BCUT2D eigenvalue weighted by molar-refractivity contribution is -0.149. The van der Waals surface area contributed by atoms with Crippen LogP contribution in [0.1, 0.15) is 12.0 Å². The number of carboxylic acid groups (broad SMARTS) is 3. The highest BCUT2D eigenvalue weighted by molar-refractivity contribution is 5.82. The maximum absolute atomic E-state index is 11.5. The lowest BCUT2D eigenvalue weighted by Gasteiger charge is -2.25. The molecule has 0 aliphatic carbocycles. The Morgan fingerprint density at radius 2 is 1.66 bits per heavy atom. The summed E-state index contributed by atoms with van der Waals surface area (Å²) in [7, 11) is 0. The van der Waals surface area contributed by atoms with Crippen LogP contribution in [0.25, 0.3) is 11.0 Å². The SMILES string of the molecule is O=C(O)CN(CC(=O)O)C(CCNCc1c(O)ccc2ccc(=O)oc12)C(=O)O. The van der Waals surface area contributed by atoms with E-state index in [1.165, 1.54) is 12.1 Å². The van der Waals surface area contributed by atoms with E-state index in [0.29, 0.717) is 10.9 Å². The molecule has 1 aromatic carbocycles. The van der Waals surface area contributed by atoms with Crippen molar-refractivity contribution in [2.75, 3.05) is 19.6 Å². The minimum Gasteiger partial charge on any atom is -0.507 e. The Morgan fingerprint density at radius 3 is 2.24 bits per heavy atom. The molecule has 0 saturated carbocycles. The standard InChI is InChI=1S/C18H20N2O9/c21-13-3-1-10-2-4-16(26)29-17(10)11(13)7-19-6-5-12(18(27)28)20(8-14(22)23)9-15(24)25/h1-4,12,19,21H,5-9H2,(H,22,23)(H,24,25)(H,27,28). The third kappa shape index (κ3) is 6.02. The van der Waals surface area contributed by atoms with Gasteiger partial charge < -0.3 is 30.2 Å². The Balaban J connectivity index is 2.08. The van der Waals surface area contributed by atoms with Crippen LogP contribution in [0, 0.1) is 0 Å². The highest BCUT2D eigenvalue weighted by Gasteiger charge is 2.28. The van der Waals surface area contributed by atoms with Gasteiger partial charge in [-0.05, 0) is 31.2 Å². The van der Waals surface area contributed by atoms with Gasteiger partial charge in [-0.1, -0.05) is 0 Å². The van der Waals surface area contributed by atoms with Crippen molar-refractivity contribution in [2.24, 2.45) is 0 Å². The summed E-state index contributed by atoms with van der Waals surface area (Å²) in [6, 6.07) is 4.45. The Morgan fingerprint density at radius 1 is 1.03 bits per heavy atom. The van der Waals surface area contributed by atoms with E-state index in [0.717, 1.165) is 4.90 Å². The highest BCUT2D eigenvalue weighted by Crippen LogP contribution is 2.26. The van der Waals surface area contributed by atoms with Crippen molar-refractivity contribution in [3.63, 3.8) is 0 Å². The first-order valence-corrected chi connectivity index (χ1v) is 8.55.